The number of allylic oxidation sites excluding steroid dienone is 2. The van der Waals surface area contributed by atoms with E-state index in [1.807, 2.05) is 6.92 Å². The first kappa shape index (κ1) is 23.0. The van der Waals surface area contributed by atoms with Crippen LogP contribution < -0.4 is 0 Å². The van der Waals surface area contributed by atoms with E-state index in [0.717, 1.165) is 65.9 Å². The molecule has 0 aliphatic heterocycles. The first-order valence-corrected chi connectivity index (χ1v) is 11.3. The highest BCUT2D eigenvalue weighted by molar-refractivity contribution is 5.75. The van der Waals surface area contributed by atoms with Crippen molar-refractivity contribution in [3.05, 3.63) is 69.5 Å². The summed E-state index contributed by atoms with van der Waals surface area (Å²) in [7, 11) is 0. The van der Waals surface area contributed by atoms with Gasteiger partial charge < -0.3 is 10.2 Å². The summed E-state index contributed by atoms with van der Waals surface area (Å²) in [6.07, 6.45) is 0.626. The van der Waals surface area contributed by atoms with Crippen LogP contribution >= 0.6 is 0 Å². The molecule has 1 heterocycles. The predicted octanol–water partition coefficient (Wildman–Crippen LogP) is 6.32. The number of aryl methyl sites for hydroxylation is 1. The molecule has 1 aromatic heterocycles. The van der Waals surface area contributed by atoms with Crippen LogP contribution in [0.2, 0.25) is 0 Å². The number of halogens is 3. The van der Waals surface area contributed by atoms with E-state index in [1.54, 1.807) is 0 Å². The van der Waals surface area contributed by atoms with E-state index >= 15 is 0 Å². The molecule has 6 heteroatoms. The van der Waals surface area contributed by atoms with E-state index in [-0.39, 0.29) is 5.41 Å². The number of alkyl halides is 3. The second-order valence-corrected chi connectivity index (χ2v) is 9.77. The van der Waals surface area contributed by atoms with Crippen molar-refractivity contribution in [2.75, 3.05) is 0 Å². The van der Waals surface area contributed by atoms with Gasteiger partial charge in [-0.15, -0.1) is 0 Å². The molecular formula is C26H30F3NO2. The minimum atomic E-state index is -4.43. The van der Waals surface area contributed by atoms with E-state index in [4.69, 9.17) is 4.98 Å². The number of pyridine rings is 1. The molecule has 0 saturated carbocycles. The molecule has 4 rings (SSSR count). The van der Waals surface area contributed by atoms with Crippen LogP contribution in [0.15, 0.2) is 30.3 Å². The lowest BCUT2D eigenvalue weighted by molar-refractivity contribution is -0.137. The molecule has 1 unspecified atom stereocenters. The molecule has 2 aromatic rings. The maximum Gasteiger partial charge on any atom is 0.416 e. The SMILES string of the molecule is CCc1nc2c(c(C3=CCCC3)c1[C@H](O)c1ccc(C(F)(F)F)cc1)C(O)CC(C)(C)C2. The Morgan fingerprint density at radius 2 is 1.88 bits per heavy atom. The highest BCUT2D eigenvalue weighted by atomic mass is 19.4. The normalized spacial score (nSPS) is 21.2. The van der Waals surface area contributed by atoms with E-state index in [9.17, 15) is 23.4 Å². The minimum absolute atomic E-state index is 0.0840. The Kier molecular flexibility index (Phi) is 5.97. The van der Waals surface area contributed by atoms with Crippen molar-refractivity contribution in [3.63, 3.8) is 0 Å². The molecule has 0 bridgehead atoms. The molecule has 2 N–H and O–H groups in total. The highest BCUT2D eigenvalue weighted by Crippen LogP contribution is 2.47. The molecular weight excluding hydrogens is 415 g/mol. The number of benzene rings is 1. The zero-order chi connectivity index (χ0) is 23.3. The average Bonchev–Trinajstić information content (AvgIpc) is 3.25. The summed E-state index contributed by atoms with van der Waals surface area (Å²) in [5.74, 6) is 0. The molecule has 0 fully saturated rings. The molecule has 0 amide bonds. The molecule has 32 heavy (non-hydrogen) atoms. The van der Waals surface area contributed by atoms with Gasteiger partial charge in [-0.05, 0) is 72.8 Å². The largest absolute Gasteiger partial charge is 0.416 e. The van der Waals surface area contributed by atoms with Crippen LogP contribution in [0.25, 0.3) is 5.57 Å². The van der Waals surface area contributed by atoms with Crippen molar-refractivity contribution in [2.24, 2.45) is 5.41 Å². The van der Waals surface area contributed by atoms with Crippen LogP contribution in [-0.4, -0.2) is 15.2 Å². The highest BCUT2D eigenvalue weighted by Gasteiger charge is 2.38. The van der Waals surface area contributed by atoms with Gasteiger partial charge in [0.2, 0.25) is 0 Å². The maximum absolute atomic E-state index is 13.0. The van der Waals surface area contributed by atoms with Crippen molar-refractivity contribution in [1.29, 1.82) is 0 Å². The van der Waals surface area contributed by atoms with Crippen LogP contribution in [0, 0.1) is 5.41 Å². The number of aliphatic hydroxyl groups is 2. The van der Waals surface area contributed by atoms with Crippen molar-refractivity contribution in [1.82, 2.24) is 4.98 Å². The number of fused-ring (bicyclic) bond motifs is 1. The average molecular weight is 446 g/mol. The Bertz CT molecular complexity index is 1040. The van der Waals surface area contributed by atoms with Crippen LogP contribution in [0.4, 0.5) is 13.2 Å². The van der Waals surface area contributed by atoms with Crippen LogP contribution in [0.1, 0.15) is 97.9 Å². The fraction of sp³-hybridized carbons (Fsp3) is 0.500. The van der Waals surface area contributed by atoms with E-state index < -0.39 is 23.9 Å². The summed E-state index contributed by atoms with van der Waals surface area (Å²) in [6.45, 7) is 6.20. The molecule has 172 valence electrons. The van der Waals surface area contributed by atoms with Gasteiger partial charge in [-0.1, -0.05) is 39.0 Å². The second-order valence-electron chi connectivity index (χ2n) is 9.77. The van der Waals surface area contributed by atoms with Gasteiger partial charge in [0.05, 0.1) is 11.7 Å². The number of rotatable bonds is 4. The molecule has 0 radical (unpaired) electrons. The van der Waals surface area contributed by atoms with Gasteiger partial charge in [0.25, 0.3) is 0 Å². The quantitative estimate of drug-likeness (QED) is 0.579. The standard InChI is InChI=1S/C26H30F3NO2/c1-4-18-23(24(32)16-9-11-17(12-10-16)26(27,28)29)21(15-7-5-6-8-15)22-19(30-18)13-25(2,3)14-20(22)31/h7,9-12,20,24,31-32H,4-6,8,13-14H2,1-3H3/t20?,24-/m1/s1. The molecule has 1 aromatic carbocycles. The second kappa shape index (κ2) is 8.31. The smallest absolute Gasteiger partial charge is 0.388 e. The van der Waals surface area contributed by atoms with Gasteiger partial charge in [-0.25, -0.2) is 0 Å². The number of aromatic nitrogens is 1. The van der Waals surface area contributed by atoms with Crippen LogP contribution in [0.3, 0.4) is 0 Å². The van der Waals surface area contributed by atoms with Gasteiger partial charge in [0.1, 0.15) is 6.10 Å². The summed E-state index contributed by atoms with van der Waals surface area (Å²) in [5.41, 5.74) is 4.54. The van der Waals surface area contributed by atoms with Gasteiger partial charge in [-0.2, -0.15) is 13.2 Å². The van der Waals surface area contributed by atoms with Crippen molar-refractivity contribution in [2.45, 2.75) is 77.7 Å². The fourth-order valence-corrected chi connectivity index (χ4v) is 5.19. The first-order valence-electron chi connectivity index (χ1n) is 11.3. The molecule has 3 nitrogen and oxygen atoms in total. The molecule has 2 atom stereocenters. The van der Waals surface area contributed by atoms with Gasteiger partial charge in [-0.3, -0.25) is 4.98 Å². The predicted molar refractivity (Wildman–Crippen MR) is 118 cm³/mol. The van der Waals surface area contributed by atoms with Crippen LogP contribution in [0.5, 0.6) is 0 Å². The zero-order valence-electron chi connectivity index (χ0n) is 18.8. The third-order valence-electron chi connectivity index (χ3n) is 6.68. The molecule has 2 aliphatic carbocycles. The number of hydrogen-bond donors (Lipinski definition) is 2. The lowest BCUT2D eigenvalue weighted by atomic mass is 9.71. The Morgan fingerprint density at radius 3 is 2.44 bits per heavy atom. The lowest BCUT2D eigenvalue weighted by Crippen LogP contribution is -2.29. The van der Waals surface area contributed by atoms with Crippen molar-refractivity contribution >= 4 is 5.57 Å². The molecule has 0 saturated heterocycles. The molecule has 0 spiro atoms. The van der Waals surface area contributed by atoms with Gasteiger partial charge >= 0.3 is 6.18 Å². The zero-order valence-corrected chi connectivity index (χ0v) is 18.8. The fourth-order valence-electron chi connectivity index (χ4n) is 5.19. The van der Waals surface area contributed by atoms with Gasteiger partial charge in [0.15, 0.2) is 0 Å². The number of nitrogens with zero attached hydrogens (tertiary/aromatic N) is 1. The summed E-state index contributed by atoms with van der Waals surface area (Å²) < 4.78 is 39.1. The first-order chi connectivity index (χ1) is 15.0. The Labute approximate surface area is 187 Å². The Hall–Kier alpha value is -2.18. The Balaban J connectivity index is 1.90. The van der Waals surface area contributed by atoms with Crippen molar-refractivity contribution < 1.29 is 23.4 Å². The van der Waals surface area contributed by atoms with Crippen LogP contribution in [-0.2, 0) is 19.0 Å². The summed E-state index contributed by atoms with van der Waals surface area (Å²) in [5, 5.41) is 22.5. The monoisotopic (exact) mass is 445 g/mol. The van der Waals surface area contributed by atoms with Crippen molar-refractivity contribution in [3.8, 4) is 0 Å². The third-order valence-corrected chi connectivity index (χ3v) is 6.68. The lowest BCUT2D eigenvalue weighted by Gasteiger charge is -2.37. The summed E-state index contributed by atoms with van der Waals surface area (Å²) in [6, 6.07) is 4.67. The maximum atomic E-state index is 13.0. The number of aliphatic hydroxyl groups excluding tert-OH is 2. The topological polar surface area (TPSA) is 53.4 Å². The van der Waals surface area contributed by atoms with E-state index in [1.165, 1.54) is 12.1 Å². The third kappa shape index (κ3) is 4.23. The molecule has 2 aliphatic rings. The number of hydrogen-bond acceptors (Lipinski definition) is 3. The minimum Gasteiger partial charge on any atom is -0.388 e. The van der Waals surface area contributed by atoms with E-state index in [2.05, 4.69) is 19.9 Å². The van der Waals surface area contributed by atoms with E-state index in [0.29, 0.717) is 24.0 Å². The summed E-state index contributed by atoms with van der Waals surface area (Å²) in [4.78, 5) is 4.89. The Morgan fingerprint density at radius 1 is 1.19 bits per heavy atom. The van der Waals surface area contributed by atoms with Gasteiger partial charge in [0, 0.05) is 22.5 Å². The summed E-state index contributed by atoms with van der Waals surface area (Å²) >= 11 is 0.